The highest BCUT2D eigenvalue weighted by molar-refractivity contribution is 7.98. The Hall–Kier alpha value is -1.79. The SMILES string of the molecule is COc1ccc(CCCNc2nc(SC)nc3sc(C)cc23)cc1. The summed E-state index contributed by atoms with van der Waals surface area (Å²) in [6, 6.07) is 10.4. The fourth-order valence-electron chi connectivity index (χ4n) is 2.54. The maximum atomic E-state index is 5.19. The van der Waals surface area contributed by atoms with E-state index in [-0.39, 0.29) is 0 Å². The Balaban J connectivity index is 1.62. The molecule has 0 aliphatic heterocycles. The van der Waals surface area contributed by atoms with Gasteiger partial charge in [-0.2, -0.15) is 0 Å². The maximum absolute atomic E-state index is 5.19. The van der Waals surface area contributed by atoms with Crippen LogP contribution in [0.3, 0.4) is 0 Å². The lowest BCUT2D eigenvalue weighted by Crippen LogP contribution is -2.06. The standard InChI is InChI=1S/C18H21N3OS2/c1-12-11-15-16(20-18(23-3)21-17(15)24-12)19-10-4-5-13-6-8-14(22-2)9-7-13/h6-9,11H,4-5,10H2,1-3H3,(H,19,20,21). The summed E-state index contributed by atoms with van der Waals surface area (Å²) >= 11 is 3.30. The van der Waals surface area contributed by atoms with E-state index in [0.29, 0.717) is 0 Å². The highest BCUT2D eigenvalue weighted by Gasteiger charge is 2.09. The number of benzene rings is 1. The average Bonchev–Trinajstić information content (AvgIpc) is 2.99. The predicted octanol–water partition coefficient (Wildman–Crippen LogP) is 4.77. The third kappa shape index (κ3) is 3.99. The summed E-state index contributed by atoms with van der Waals surface area (Å²) in [6.07, 6.45) is 4.09. The number of rotatable bonds is 7. The minimum absolute atomic E-state index is 0.821. The van der Waals surface area contributed by atoms with Gasteiger partial charge in [-0.3, -0.25) is 0 Å². The van der Waals surface area contributed by atoms with Gasteiger partial charge in [-0.1, -0.05) is 23.9 Å². The Morgan fingerprint density at radius 2 is 2.00 bits per heavy atom. The van der Waals surface area contributed by atoms with Gasteiger partial charge in [-0.15, -0.1) is 11.3 Å². The van der Waals surface area contributed by atoms with E-state index in [4.69, 9.17) is 4.74 Å². The number of methoxy groups -OCH3 is 1. The Morgan fingerprint density at radius 1 is 1.21 bits per heavy atom. The largest absolute Gasteiger partial charge is 0.497 e. The molecule has 0 aliphatic carbocycles. The molecule has 0 atom stereocenters. The van der Waals surface area contributed by atoms with Gasteiger partial charge in [0.2, 0.25) is 0 Å². The van der Waals surface area contributed by atoms with E-state index in [2.05, 4.69) is 40.4 Å². The molecule has 0 radical (unpaired) electrons. The van der Waals surface area contributed by atoms with Gasteiger partial charge in [-0.25, -0.2) is 9.97 Å². The van der Waals surface area contributed by atoms with Crippen LogP contribution in [-0.4, -0.2) is 29.9 Å². The van der Waals surface area contributed by atoms with Crippen molar-refractivity contribution in [3.05, 3.63) is 40.8 Å². The third-order valence-electron chi connectivity index (χ3n) is 3.77. The number of fused-ring (bicyclic) bond motifs is 1. The number of hydrogen-bond donors (Lipinski definition) is 1. The van der Waals surface area contributed by atoms with Crippen LogP contribution in [-0.2, 0) is 6.42 Å². The van der Waals surface area contributed by atoms with Crippen LogP contribution in [0.15, 0.2) is 35.5 Å². The summed E-state index contributed by atoms with van der Waals surface area (Å²) in [5.74, 6) is 1.85. The Bertz CT molecular complexity index is 815. The molecule has 0 unspecified atom stereocenters. The zero-order chi connectivity index (χ0) is 16.9. The Labute approximate surface area is 150 Å². The summed E-state index contributed by atoms with van der Waals surface area (Å²) in [4.78, 5) is 11.5. The van der Waals surface area contributed by atoms with Crippen LogP contribution in [0.2, 0.25) is 0 Å². The van der Waals surface area contributed by atoms with Crippen LogP contribution < -0.4 is 10.1 Å². The van der Waals surface area contributed by atoms with Gasteiger partial charge in [-0.05, 0) is 49.8 Å². The van der Waals surface area contributed by atoms with Crippen molar-refractivity contribution >= 4 is 39.1 Å². The summed E-state index contributed by atoms with van der Waals surface area (Å²) in [5.41, 5.74) is 1.32. The van der Waals surface area contributed by atoms with E-state index < -0.39 is 0 Å². The molecule has 3 aromatic rings. The molecule has 6 heteroatoms. The van der Waals surface area contributed by atoms with E-state index in [0.717, 1.165) is 46.3 Å². The average molecular weight is 360 g/mol. The minimum atomic E-state index is 0.821. The van der Waals surface area contributed by atoms with E-state index >= 15 is 0 Å². The topological polar surface area (TPSA) is 47.0 Å². The molecule has 3 rings (SSSR count). The number of anilines is 1. The van der Waals surface area contributed by atoms with Crippen LogP contribution in [0.4, 0.5) is 5.82 Å². The number of ether oxygens (including phenoxy) is 1. The lowest BCUT2D eigenvalue weighted by molar-refractivity contribution is 0.414. The molecule has 1 N–H and O–H groups in total. The predicted molar refractivity (Wildman–Crippen MR) is 104 cm³/mol. The monoisotopic (exact) mass is 359 g/mol. The van der Waals surface area contributed by atoms with Gasteiger partial charge in [0.15, 0.2) is 5.16 Å². The van der Waals surface area contributed by atoms with Crippen molar-refractivity contribution in [2.75, 3.05) is 25.2 Å². The van der Waals surface area contributed by atoms with E-state index in [1.165, 1.54) is 10.4 Å². The lowest BCUT2D eigenvalue weighted by atomic mass is 10.1. The second-order valence-electron chi connectivity index (χ2n) is 5.51. The molecule has 0 saturated carbocycles. The fraction of sp³-hybridized carbons (Fsp3) is 0.333. The van der Waals surface area contributed by atoms with Crippen LogP contribution in [0.25, 0.3) is 10.2 Å². The van der Waals surface area contributed by atoms with Crippen molar-refractivity contribution in [3.63, 3.8) is 0 Å². The normalized spacial score (nSPS) is 11.0. The van der Waals surface area contributed by atoms with Crippen LogP contribution >= 0.6 is 23.1 Å². The first-order valence-corrected chi connectivity index (χ1v) is 9.92. The molecule has 0 amide bonds. The molecular formula is C18H21N3OS2. The molecule has 2 aromatic heterocycles. The van der Waals surface area contributed by atoms with Crippen molar-refractivity contribution < 1.29 is 4.74 Å². The molecule has 4 nitrogen and oxygen atoms in total. The molecule has 0 aliphatic rings. The van der Waals surface area contributed by atoms with Crippen molar-refractivity contribution in [3.8, 4) is 5.75 Å². The Morgan fingerprint density at radius 3 is 2.71 bits per heavy atom. The molecule has 1 aromatic carbocycles. The van der Waals surface area contributed by atoms with Gasteiger partial charge in [0.25, 0.3) is 0 Å². The number of nitrogens with zero attached hydrogens (tertiary/aromatic N) is 2. The molecule has 0 saturated heterocycles. The summed E-state index contributed by atoms with van der Waals surface area (Å²) < 4.78 is 5.19. The number of thioether (sulfide) groups is 1. The molecule has 0 fully saturated rings. The first-order chi connectivity index (χ1) is 11.7. The van der Waals surface area contributed by atoms with Crippen LogP contribution in [0.1, 0.15) is 16.9 Å². The summed E-state index contributed by atoms with van der Waals surface area (Å²) in [6.45, 7) is 3.00. The van der Waals surface area contributed by atoms with Gasteiger partial charge in [0.1, 0.15) is 16.4 Å². The van der Waals surface area contributed by atoms with Gasteiger partial charge in [0, 0.05) is 11.4 Å². The molecule has 0 spiro atoms. The quantitative estimate of drug-likeness (QED) is 0.374. The lowest BCUT2D eigenvalue weighted by Gasteiger charge is -2.08. The van der Waals surface area contributed by atoms with Gasteiger partial charge < -0.3 is 10.1 Å². The number of thiophene rings is 1. The number of aryl methyl sites for hydroxylation is 2. The first kappa shape index (κ1) is 17.0. The maximum Gasteiger partial charge on any atom is 0.190 e. The number of hydrogen-bond acceptors (Lipinski definition) is 6. The van der Waals surface area contributed by atoms with Crippen molar-refractivity contribution in [1.82, 2.24) is 9.97 Å². The summed E-state index contributed by atoms with van der Waals surface area (Å²) in [7, 11) is 1.69. The van der Waals surface area contributed by atoms with E-state index in [1.807, 2.05) is 18.4 Å². The zero-order valence-electron chi connectivity index (χ0n) is 14.1. The van der Waals surface area contributed by atoms with Crippen molar-refractivity contribution in [2.45, 2.75) is 24.9 Å². The molecule has 24 heavy (non-hydrogen) atoms. The smallest absolute Gasteiger partial charge is 0.190 e. The van der Waals surface area contributed by atoms with Crippen molar-refractivity contribution in [2.24, 2.45) is 0 Å². The second kappa shape index (κ2) is 7.85. The Kier molecular flexibility index (Phi) is 5.58. The fourth-order valence-corrected chi connectivity index (χ4v) is 3.84. The van der Waals surface area contributed by atoms with Gasteiger partial charge >= 0.3 is 0 Å². The van der Waals surface area contributed by atoms with E-state index in [9.17, 15) is 0 Å². The number of aromatic nitrogens is 2. The van der Waals surface area contributed by atoms with Crippen LogP contribution in [0.5, 0.6) is 5.75 Å². The van der Waals surface area contributed by atoms with E-state index in [1.54, 1.807) is 30.2 Å². The number of nitrogens with one attached hydrogen (secondary N) is 1. The summed E-state index contributed by atoms with van der Waals surface area (Å²) in [5, 5.41) is 5.43. The molecular weight excluding hydrogens is 338 g/mol. The molecule has 126 valence electrons. The molecule has 0 bridgehead atoms. The highest BCUT2D eigenvalue weighted by atomic mass is 32.2. The highest BCUT2D eigenvalue weighted by Crippen LogP contribution is 2.30. The van der Waals surface area contributed by atoms with Gasteiger partial charge in [0.05, 0.1) is 12.5 Å². The minimum Gasteiger partial charge on any atom is -0.497 e. The molecule has 2 heterocycles. The second-order valence-corrected chi connectivity index (χ2v) is 7.52. The first-order valence-electron chi connectivity index (χ1n) is 7.88. The van der Waals surface area contributed by atoms with Crippen molar-refractivity contribution in [1.29, 1.82) is 0 Å². The zero-order valence-corrected chi connectivity index (χ0v) is 15.8. The van der Waals surface area contributed by atoms with Crippen LogP contribution in [0, 0.1) is 6.92 Å². The third-order valence-corrected chi connectivity index (χ3v) is 5.26.